The lowest BCUT2D eigenvalue weighted by Crippen LogP contribution is -2.45. The molecule has 0 spiro atoms. The lowest BCUT2D eigenvalue weighted by atomic mass is 10.0. The first-order valence-corrected chi connectivity index (χ1v) is 9.25. The third kappa shape index (κ3) is 7.33. The van der Waals surface area contributed by atoms with Gasteiger partial charge in [-0.2, -0.15) is 0 Å². The van der Waals surface area contributed by atoms with Gasteiger partial charge in [0.15, 0.2) is 0 Å². The van der Waals surface area contributed by atoms with Crippen LogP contribution in [0.25, 0.3) is 0 Å². The molecule has 4 N–H and O–H groups in total. The summed E-state index contributed by atoms with van der Waals surface area (Å²) in [6.45, 7) is 10.1. The van der Waals surface area contributed by atoms with Crippen LogP contribution >= 0.6 is 0 Å². The fourth-order valence-corrected chi connectivity index (χ4v) is 2.37. The van der Waals surface area contributed by atoms with E-state index in [-0.39, 0.29) is 17.1 Å². The first-order valence-electron chi connectivity index (χ1n) is 7.70. The average Bonchev–Trinajstić information content (AvgIpc) is 2.84. The zero-order chi connectivity index (χ0) is 18.5. The number of rotatable bonds is 7. The molecular weight excluding hydrogens is 334 g/mol. The van der Waals surface area contributed by atoms with E-state index in [0.29, 0.717) is 18.8 Å². The summed E-state index contributed by atoms with van der Waals surface area (Å²) < 4.78 is 32.7. The van der Waals surface area contributed by atoms with Crippen molar-refractivity contribution in [2.75, 3.05) is 6.54 Å². The van der Waals surface area contributed by atoms with Crippen molar-refractivity contribution in [2.24, 2.45) is 11.1 Å². The van der Waals surface area contributed by atoms with Crippen LogP contribution in [0.3, 0.4) is 0 Å². The zero-order valence-electron chi connectivity index (χ0n) is 14.8. The molecule has 1 aromatic heterocycles. The van der Waals surface area contributed by atoms with Crippen molar-refractivity contribution in [3.05, 3.63) is 17.9 Å². The van der Waals surface area contributed by atoms with Gasteiger partial charge < -0.3 is 19.8 Å². The number of hydrogen-bond donors (Lipinski definition) is 3. The van der Waals surface area contributed by atoms with Crippen molar-refractivity contribution in [2.45, 2.75) is 57.9 Å². The molecule has 0 aliphatic heterocycles. The maximum atomic E-state index is 11.7. The number of ether oxygens (including phenoxy) is 1. The molecule has 1 rings (SSSR count). The summed E-state index contributed by atoms with van der Waals surface area (Å²) >= 11 is 0. The van der Waals surface area contributed by atoms with E-state index < -0.39 is 21.7 Å². The minimum Gasteiger partial charge on any atom is -0.447 e. The number of alkyl carbamates (subject to hydrolysis) is 1. The van der Waals surface area contributed by atoms with Gasteiger partial charge in [0.2, 0.25) is 5.09 Å². The number of sulfonamides is 1. The minimum atomic E-state index is -3.84. The van der Waals surface area contributed by atoms with E-state index in [1.807, 2.05) is 13.8 Å². The largest absolute Gasteiger partial charge is 0.447 e. The highest BCUT2D eigenvalue weighted by molar-refractivity contribution is 7.89. The Morgan fingerprint density at radius 2 is 1.96 bits per heavy atom. The lowest BCUT2D eigenvalue weighted by Gasteiger charge is -2.24. The minimum absolute atomic E-state index is 0.0412. The molecule has 1 amide bonds. The predicted octanol–water partition coefficient (Wildman–Crippen LogP) is 1.57. The second-order valence-electron chi connectivity index (χ2n) is 6.88. The Balaban J connectivity index is 2.55. The number of nitrogens with one attached hydrogen (secondary N) is 2. The van der Waals surface area contributed by atoms with Gasteiger partial charge in [-0.15, -0.1) is 0 Å². The molecule has 1 aromatic rings. The Morgan fingerprint density at radius 1 is 1.33 bits per heavy atom. The van der Waals surface area contributed by atoms with Gasteiger partial charge in [-0.3, -0.25) is 0 Å². The summed E-state index contributed by atoms with van der Waals surface area (Å²) in [5.41, 5.74) is -0.552. The summed E-state index contributed by atoms with van der Waals surface area (Å²) in [5.74, 6) is 0.676. The average molecular weight is 361 g/mol. The fraction of sp³-hybridized carbons (Fsp3) is 0.667. The van der Waals surface area contributed by atoms with Gasteiger partial charge in [-0.1, -0.05) is 13.8 Å². The molecule has 24 heavy (non-hydrogen) atoms. The quantitative estimate of drug-likeness (QED) is 0.677. The van der Waals surface area contributed by atoms with Crippen molar-refractivity contribution in [1.29, 1.82) is 0 Å². The summed E-state index contributed by atoms with van der Waals surface area (Å²) in [6.07, 6.45) is -0.482. The number of carbonyl (C=O) groups excluding carboxylic acids is 1. The molecule has 9 heteroatoms. The highest BCUT2D eigenvalue weighted by Crippen LogP contribution is 2.13. The number of primary sulfonamides is 1. The van der Waals surface area contributed by atoms with Crippen LogP contribution in [0.5, 0.6) is 0 Å². The Hall–Kier alpha value is -1.58. The molecule has 0 aliphatic rings. The first kappa shape index (κ1) is 20.5. The molecule has 0 bridgehead atoms. The van der Waals surface area contributed by atoms with E-state index >= 15 is 0 Å². The van der Waals surface area contributed by atoms with E-state index in [1.54, 1.807) is 26.8 Å². The number of amides is 1. The van der Waals surface area contributed by atoms with Crippen molar-refractivity contribution in [3.63, 3.8) is 0 Å². The molecule has 138 valence electrons. The SMILES string of the molecule is CC(C)C(CNC(=O)OC(C)(C)C)NCc1ccc(S(N)(=O)=O)o1. The molecule has 8 nitrogen and oxygen atoms in total. The van der Waals surface area contributed by atoms with Gasteiger partial charge in [0.25, 0.3) is 10.0 Å². The molecule has 0 aliphatic carbocycles. The highest BCUT2D eigenvalue weighted by Gasteiger charge is 2.19. The second-order valence-corrected chi connectivity index (χ2v) is 8.37. The number of furan rings is 1. The van der Waals surface area contributed by atoms with Crippen LogP contribution in [-0.2, 0) is 21.3 Å². The van der Waals surface area contributed by atoms with Gasteiger partial charge in [-0.25, -0.2) is 18.4 Å². The van der Waals surface area contributed by atoms with Gasteiger partial charge in [0.1, 0.15) is 11.4 Å². The van der Waals surface area contributed by atoms with E-state index in [2.05, 4.69) is 10.6 Å². The maximum Gasteiger partial charge on any atom is 0.407 e. The lowest BCUT2D eigenvalue weighted by molar-refractivity contribution is 0.0519. The molecular formula is C15H27N3O5S. The molecule has 0 fully saturated rings. The van der Waals surface area contributed by atoms with Crippen LogP contribution in [-0.4, -0.2) is 32.7 Å². The van der Waals surface area contributed by atoms with E-state index in [9.17, 15) is 13.2 Å². The van der Waals surface area contributed by atoms with Crippen molar-refractivity contribution in [3.8, 4) is 0 Å². The van der Waals surface area contributed by atoms with E-state index in [1.165, 1.54) is 6.07 Å². The molecule has 1 atom stereocenters. The van der Waals surface area contributed by atoms with E-state index in [4.69, 9.17) is 14.3 Å². The third-order valence-electron chi connectivity index (χ3n) is 3.13. The first-order chi connectivity index (χ1) is 10.9. The van der Waals surface area contributed by atoms with Gasteiger partial charge in [0.05, 0.1) is 6.54 Å². The molecule has 1 unspecified atom stereocenters. The standard InChI is InChI=1S/C15H27N3O5S/c1-10(2)12(9-18-14(19)23-15(3,4)5)17-8-11-6-7-13(22-11)24(16,20)21/h6-7,10,12,17H,8-9H2,1-5H3,(H,18,19)(H2,16,20,21). The Morgan fingerprint density at radius 3 is 2.42 bits per heavy atom. The fourth-order valence-electron chi connectivity index (χ4n) is 1.89. The van der Waals surface area contributed by atoms with Gasteiger partial charge in [-0.05, 0) is 38.8 Å². The number of carbonyl (C=O) groups is 1. The van der Waals surface area contributed by atoms with Crippen molar-refractivity contribution < 1.29 is 22.4 Å². The van der Waals surface area contributed by atoms with Crippen molar-refractivity contribution in [1.82, 2.24) is 10.6 Å². The normalized spacial score (nSPS) is 13.8. The molecule has 0 aromatic carbocycles. The molecule has 0 saturated heterocycles. The van der Waals surface area contributed by atoms with Crippen LogP contribution < -0.4 is 15.8 Å². The summed E-state index contributed by atoms with van der Waals surface area (Å²) in [6, 6.07) is 2.82. The van der Waals surface area contributed by atoms with Gasteiger partial charge in [0, 0.05) is 12.6 Å². The highest BCUT2D eigenvalue weighted by atomic mass is 32.2. The Kier molecular flexibility index (Phi) is 6.82. The maximum absolute atomic E-state index is 11.7. The van der Waals surface area contributed by atoms with Crippen LogP contribution in [0.15, 0.2) is 21.6 Å². The van der Waals surface area contributed by atoms with Crippen LogP contribution in [0.1, 0.15) is 40.4 Å². The number of hydrogen-bond acceptors (Lipinski definition) is 6. The van der Waals surface area contributed by atoms with Crippen molar-refractivity contribution >= 4 is 16.1 Å². The van der Waals surface area contributed by atoms with Crippen LogP contribution in [0.2, 0.25) is 0 Å². The van der Waals surface area contributed by atoms with Gasteiger partial charge >= 0.3 is 6.09 Å². The smallest absolute Gasteiger partial charge is 0.407 e. The van der Waals surface area contributed by atoms with Crippen LogP contribution in [0.4, 0.5) is 4.79 Å². The van der Waals surface area contributed by atoms with Crippen LogP contribution in [0, 0.1) is 5.92 Å². The second kappa shape index (κ2) is 8.00. The van der Waals surface area contributed by atoms with E-state index in [0.717, 1.165) is 0 Å². The molecule has 0 saturated carbocycles. The zero-order valence-corrected chi connectivity index (χ0v) is 15.6. The molecule has 0 radical (unpaired) electrons. The summed E-state index contributed by atoms with van der Waals surface area (Å²) in [7, 11) is -3.84. The third-order valence-corrected chi connectivity index (χ3v) is 3.91. The summed E-state index contributed by atoms with van der Waals surface area (Å²) in [4.78, 5) is 11.7. The molecule has 1 heterocycles. The summed E-state index contributed by atoms with van der Waals surface area (Å²) in [5, 5.41) is 10.7. The Labute approximate surface area is 143 Å². The predicted molar refractivity (Wildman–Crippen MR) is 89.8 cm³/mol. The topological polar surface area (TPSA) is 124 Å². The monoisotopic (exact) mass is 361 g/mol. The number of nitrogens with two attached hydrogens (primary N) is 1. The Bertz CT molecular complexity index is 646.